The lowest BCUT2D eigenvalue weighted by Crippen LogP contribution is -2.45. The van der Waals surface area contributed by atoms with E-state index >= 15 is 0 Å². The van der Waals surface area contributed by atoms with E-state index in [1.54, 1.807) is 13.8 Å². The average molecular weight is 575 g/mol. The summed E-state index contributed by atoms with van der Waals surface area (Å²) in [6.07, 6.45) is 9.74. The van der Waals surface area contributed by atoms with Gasteiger partial charge < -0.3 is 24.4 Å². The van der Waals surface area contributed by atoms with Gasteiger partial charge in [0.1, 0.15) is 6.10 Å². The molecule has 7 atom stereocenters. The van der Waals surface area contributed by atoms with Crippen molar-refractivity contribution < 1.29 is 38.8 Å². The number of hydrogen-bond acceptors (Lipinski definition) is 8. The van der Waals surface area contributed by atoms with Gasteiger partial charge >= 0.3 is 17.9 Å². The number of carbonyl (C=O) groups is 3. The first kappa shape index (κ1) is 33.1. The molecule has 3 rings (SSSR count). The van der Waals surface area contributed by atoms with E-state index < -0.39 is 35.3 Å². The Morgan fingerprint density at radius 3 is 2.39 bits per heavy atom. The third kappa shape index (κ3) is 7.69. The van der Waals surface area contributed by atoms with E-state index in [0.29, 0.717) is 18.8 Å². The van der Waals surface area contributed by atoms with Crippen molar-refractivity contribution in [2.45, 2.75) is 117 Å². The summed E-state index contributed by atoms with van der Waals surface area (Å²) in [5.74, 6) is -2.83. The van der Waals surface area contributed by atoms with Gasteiger partial charge in [-0.25, -0.2) is 0 Å². The molecule has 2 N–H and O–H groups in total. The van der Waals surface area contributed by atoms with Crippen molar-refractivity contribution in [1.29, 1.82) is 0 Å². The molecule has 3 saturated carbocycles. The van der Waals surface area contributed by atoms with Crippen LogP contribution >= 0.6 is 0 Å². The van der Waals surface area contributed by atoms with E-state index in [2.05, 4.69) is 26.5 Å². The van der Waals surface area contributed by atoms with Crippen LogP contribution in [0.3, 0.4) is 0 Å². The standard InChI is InChI=1S/C33H50O8/c1-20-15-17-33(38,41-23(4)35)19-25(20)12-11-24-10-9-16-32(7)27(13-14-28(24)32)21(2)26(30(36)39-8)18-29(31(5,6)37)40-22(3)34/h11-12,21,26-29,37-38H,1,9-10,13-19H2,2-8H3/b24-11?,25-12-/t21-,26?,27-,28?,29?,32-,33-/m1/s1. The van der Waals surface area contributed by atoms with E-state index in [1.165, 1.54) is 26.5 Å². The molecule has 3 unspecified atom stereocenters. The molecule has 0 aliphatic heterocycles. The Bertz CT molecular complexity index is 1080. The number of ether oxygens (including phenoxy) is 3. The van der Waals surface area contributed by atoms with Gasteiger partial charge in [0.2, 0.25) is 5.79 Å². The SMILES string of the molecule is C=C1CC[C@@](O)(OC(C)=O)C/C1=C/C=C1CCC[C@@]2(C)C1CC[C@@H]2[C@H](C)C(CC(OC(C)=O)C(C)(C)O)C(=O)OC. The Labute approximate surface area is 245 Å². The van der Waals surface area contributed by atoms with Gasteiger partial charge in [0.25, 0.3) is 0 Å². The van der Waals surface area contributed by atoms with Gasteiger partial charge in [0.05, 0.1) is 18.6 Å². The molecule has 0 aromatic carbocycles. The van der Waals surface area contributed by atoms with Gasteiger partial charge in [-0.05, 0) is 81.1 Å². The quantitative estimate of drug-likeness (QED) is 0.209. The molecular formula is C33H50O8. The Morgan fingerprint density at radius 2 is 1.80 bits per heavy atom. The molecule has 0 radical (unpaired) electrons. The van der Waals surface area contributed by atoms with Crippen LogP contribution in [-0.4, -0.2) is 52.7 Å². The van der Waals surface area contributed by atoms with E-state index in [9.17, 15) is 24.6 Å². The zero-order valence-corrected chi connectivity index (χ0v) is 26.0. The maximum absolute atomic E-state index is 13.1. The van der Waals surface area contributed by atoms with Crippen LogP contribution in [0.4, 0.5) is 0 Å². The van der Waals surface area contributed by atoms with Crippen LogP contribution < -0.4 is 0 Å². The summed E-state index contributed by atoms with van der Waals surface area (Å²) in [7, 11) is 1.38. The third-order valence-corrected chi connectivity index (χ3v) is 9.95. The fourth-order valence-electron chi connectivity index (χ4n) is 7.77. The number of methoxy groups -OCH3 is 1. The first-order valence-electron chi connectivity index (χ1n) is 15.0. The first-order chi connectivity index (χ1) is 19.0. The Morgan fingerprint density at radius 1 is 1.12 bits per heavy atom. The summed E-state index contributed by atoms with van der Waals surface area (Å²) in [5.41, 5.74) is 1.88. The minimum atomic E-state index is -1.50. The fourth-order valence-corrected chi connectivity index (χ4v) is 7.77. The monoisotopic (exact) mass is 574 g/mol. The number of carbonyl (C=O) groups excluding carboxylic acids is 3. The topological polar surface area (TPSA) is 119 Å². The van der Waals surface area contributed by atoms with Crippen LogP contribution in [0, 0.1) is 29.1 Å². The van der Waals surface area contributed by atoms with Gasteiger partial charge in [0.15, 0.2) is 0 Å². The van der Waals surface area contributed by atoms with E-state index in [-0.39, 0.29) is 36.1 Å². The molecule has 0 spiro atoms. The predicted octanol–water partition coefficient (Wildman–Crippen LogP) is 5.57. The molecule has 0 aromatic rings. The maximum atomic E-state index is 13.1. The van der Waals surface area contributed by atoms with Crippen molar-refractivity contribution in [2.24, 2.45) is 29.1 Å². The average Bonchev–Trinajstić information content (AvgIpc) is 3.22. The highest BCUT2D eigenvalue weighted by molar-refractivity contribution is 5.73. The van der Waals surface area contributed by atoms with Crippen molar-refractivity contribution >= 4 is 17.9 Å². The maximum Gasteiger partial charge on any atom is 0.309 e. The van der Waals surface area contributed by atoms with Crippen molar-refractivity contribution in [1.82, 2.24) is 0 Å². The van der Waals surface area contributed by atoms with Crippen LogP contribution in [0.25, 0.3) is 0 Å². The fraction of sp³-hybridized carbons (Fsp3) is 0.727. The molecular weight excluding hydrogens is 524 g/mol. The highest BCUT2D eigenvalue weighted by Gasteiger charge is 2.53. The lowest BCUT2D eigenvalue weighted by Gasteiger charge is -2.46. The summed E-state index contributed by atoms with van der Waals surface area (Å²) >= 11 is 0. The van der Waals surface area contributed by atoms with Gasteiger partial charge in [-0.3, -0.25) is 14.4 Å². The molecule has 0 saturated heterocycles. The zero-order chi connectivity index (χ0) is 30.8. The summed E-state index contributed by atoms with van der Waals surface area (Å²) in [4.78, 5) is 36.4. The Balaban J connectivity index is 1.86. The minimum absolute atomic E-state index is 0.0258. The number of allylic oxidation sites excluding steroid dienone is 4. The van der Waals surface area contributed by atoms with Crippen LogP contribution in [-0.2, 0) is 28.6 Å². The number of fused-ring (bicyclic) bond motifs is 1. The summed E-state index contributed by atoms with van der Waals surface area (Å²) in [5, 5.41) is 21.5. The molecule has 0 heterocycles. The summed E-state index contributed by atoms with van der Waals surface area (Å²) in [6.45, 7) is 14.4. The number of rotatable bonds is 9. The third-order valence-electron chi connectivity index (χ3n) is 9.95. The minimum Gasteiger partial charge on any atom is -0.469 e. The van der Waals surface area contributed by atoms with Crippen LogP contribution in [0.5, 0.6) is 0 Å². The van der Waals surface area contributed by atoms with Gasteiger partial charge in [-0.1, -0.05) is 43.7 Å². The molecule has 230 valence electrons. The van der Waals surface area contributed by atoms with Crippen molar-refractivity contribution in [2.75, 3.05) is 7.11 Å². The van der Waals surface area contributed by atoms with Crippen LogP contribution in [0.1, 0.15) is 99.3 Å². The molecule has 3 aliphatic carbocycles. The Kier molecular flexibility index (Phi) is 10.3. The van der Waals surface area contributed by atoms with Crippen LogP contribution in [0.2, 0.25) is 0 Å². The second-order valence-electron chi connectivity index (χ2n) is 13.3. The number of aliphatic hydroxyl groups is 2. The number of hydrogen-bond donors (Lipinski definition) is 2. The van der Waals surface area contributed by atoms with Gasteiger partial charge in [-0.2, -0.15) is 0 Å². The summed E-state index contributed by atoms with van der Waals surface area (Å²) in [6, 6.07) is 0. The van der Waals surface area contributed by atoms with E-state index in [4.69, 9.17) is 14.2 Å². The first-order valence-corrected chi connectivity index (χ1v) is 15.0. The molecule has 8 heteroatoms. The highest BCUT2D eigenvalue weighted by Crippen LogP contribution is 2.60. The number of esters is 3. The molecule has 41 heavy (non-hydrogen) atoms. The second-order valence-corrected chi connectivity index (χ2v) is 13.3. The molecule has 3 aliphatic rings. The van der Waals surface area contributed by atoms with Gasteiger partial charge in [0, 0.05) is 33.1 Å². The van der Waals surface area contributed by atoms with Crippen LogP contribution in [0.15, 0.2) is 35.5 Å². The molecule has 0 amide bonds. The Hall–Kier alpha value is -2.45. The van der Waals surface area contributed by atoms with Gasteiger partial charge in [-0.15, -0.1) is 0 Å². The zero-order valence-electron chi connectivity index (χ0n) is 26.0. The van der Waals surface area contributed by atoms with Crippen molar-refractivity contribution in [3.8, 4) is 0 Å². The van der Waals surface area contributed by atoms with E-state index in [0.717, 1.165) is 43.3 Å². The smallest absolute Gasteiger partial charge is 0.309 e. The molecule has 3 fully saturated rings. The lowest BCUT2D eigenvalue weighted by atomic mass is 9.59. The van der Waals surface area contributed by atoms with Crippen molar-refractivity contribution in [3.63, 3.8) is 0 Å². The normalized spacial score (nSPS) is 32.7. The lowest BCUT2D eigenvalue weighted by molar-refractivity contribution is -0.210. The highest BCUT2D eigenvalue weighted by atomic mass is 16.7. The molecule has 0 bridgehead atoms. The molecule has 8 nitrogen and oxygen atoms in total. The second kappa shape index (κ2) is 12.8. The van der Waals surface area contributed by atoms with E-state index in [1.807, 2.05) is 6.08 Å². The summed E-state index contributed by atoms with van der Waals surface area (Å²) < 4.78 is 15.9. The largest absolute Gasteiger partial charge is 0.469 e. The predicted molar refractivity (Wildman–Crippen MR) is 155 cm³/mol. The molecule has 0 aromatic heterocycles. The van der Waals surface area contributed by atoms with Crippen molar-refractivity contribution in [3.05, 3.63) is 35.5 Å².